The topological polar surface area (TPSA) is 66.4 Å². The minimum absolute atomic E-state index is 0.0105. The third-order valence-corrected chi connectivity index (χ3v) is 5.00. The maximum Gasteiger partial charge on any atom is 0.265 e. The third kappa shape index (κ3) is 4.91. The summed E-state index contributed by atoms with van der Waals surface area (Å²) in [5.74, 6) is 2.29. The second-order valence-corrected chi connectivity index (χ2v) is 6.89. The van der Waals surface area contributed by atoms with Crippen molar-refractivity contribution in [1.82, 2.24) is 10.2 Å². The summed E-state index contributed by atoms with van der Waals surface area (Å²) in [5, 5.41) is 3.43. The van der Waals surface area contributed by atoms with E-state index in [1.54, 1.807) is 0 Å². The van der Waals surface area contributed by atoms with E-state index in [2.05, 4.69) is 15.2 Å². The third-order valence-electron chi connectivity index (χ3n) is 5.00. The molecule has 1 aromatic rings. The van der Waals surface area contributed by atoms with Gasteiger partial charge >= 0.3 is 0 Å². The van der Waals surface area contributed by atoms with E-state index < -0.39 is 0 Å². The van der Waals surface area contributed by atoms with Gasteiger partial charge < -0.3 is 24.6 Å². The van der Waals surface area contributed by atoms with Gasteiger partial charge in [-0.1, -0.05) is 12.1 Å². The molecule has 27 heavy (non-hydrogen) atoms. The number of ether oxygens (including phenoxy) is 2. The maximum absolute atomic E-state index is 12.2. The number of carbonyl (C=O) groups is 1. The number of nitrogens with one attached hydrogen (secondary N) is 1. The summed E-state index contributed by atoms with van der Waals surface area (Å²) in [6, 6.07) is 7.69. The van der Waals surface area contributed by atoms with Gasteiger partial charge in [0, 0.05) is 45.8 Å². The van der Waals surface area contributed by atoms with Gasteiger partial charge in [0.15, 0.2) is 12.6 Å². The Labute approximate surface area is 161 Å². The Hall–Kier alpha value is -2.28. The van der Waals surface area contributed by atoms with E-state index in [0.717, 1.165) is 63.1 Å². The second-order valence-electron chi connectivity index (χ2n) is 6.89. The molecule has 0 bridgehead atoms. The van der Waals surface area contributed by atoms with Crippen LogP contribution in [0.15, 0.2) is 29.3 Å². The minimum Gasteiger partial charge on any atom is -0.482 e. The number of fused-ring (bicyclic) bond motifs is 1. The summed E-state index contributed by atoms with van der Waals surface area (Å²) < 4.78 is 11.0. The quantitative estimate of drug-likeness (QED) is 0.447. The van der Waals surface area contributed by atoms with E-state index >= 15 is 0 Å². The van der Waals surface area contributed by atoms with Crippen LogP contribution < -0.4 is 15.0 Å². The van der Waals surface area contributed by atoms with Gasteiger partial charge in [0.25, 0.3) is 5.91 Å². The van der Waals surface area contributed by atoms with Crippen molar-refractivity contribution in [2.24, 2.45) is 10.9 Å². The number of guanidine groups is 1. The number of para-hydroxylation sites is 2. The number of aliphatic imine (C=N–C) groups is 1. The lowest BCUT2D eigenvalue weighted by Crippen LogP contribution is -2.43. The molecule has 0 spiro atoms. The Morgan fingerprint density at radius 2 is 2.26 bits per heavy atom. The van der Waals surface area contributed by atoms with Crippen LogP contribution in [0.2, 0.25) is 0 Å². The molecule has 1 aromatic carbocycles. The average Bonchev–Trinajstić information content (AvgIpc) is 3.16. The molecule has 2 aliphatic rings. The highest BCUT2D eigenvalue weighted by Crippen LogP contribution is 2.31. The monoisotopic (exact) mass is 374 g/mol. The van der Waals surface area contributed by atoms with Crippen molar-refractivity contribution >= 4 is 17.6 Å². The average molecular weight is 374 g/mol. The molecule has 148 valence electrons. The molecular formula is C20H30N4O3. The predicted octanol–water partition coefficient (Wildman–Crippen LogP) is 1.74. The number of nitrogens with zero attached hydrogens (tertiary/aromatic N) is 3. The van der Waals surface area contributed by atoms with Crippen LogP contribution in [-0.2, 0) is 9.53 Å². The lowest BCUT2D eigenvalue weighted by molar-refractivity contribution is -0.121. The molecule has 2 heterocycles. The Kier molecular flexibility index (Phi) is 6.92. The van der Waals surface area contributed by atoms with Crippen molar-refractivity contribution in [2.75, 3.05) is 57.9 Å². The predicted molar refractivity (Wildman–Crippen MR) is 106 cm³/mol. The van der Waals surface area contributed by atoms with Crippen molar-refractivity contribution in [3.05, 3.63) is 24.3 Å². The fourth-order valence-corrected chi connectivity index (χ4v) is 3.61. The molecule has 3 rings (SSSR count). The van der Waals surface area contributed by atoms with E-state index in [-0.39, 0.29) is 12.5 Å². The number of amides is 1. The highest BCUT2D eigenvalue weighted by atomic mass is 16.5. The smallest absolute Gasteiger partial charge is 0.265 e. The van der Waals surface area contributed by atoms with Crippen LogP contribution in [0.3, 0.4) is 0 Å². The van der Waals surface area contributed by atoms with E-state index in [9.17, 15) is 4.79 Å². The highest BCUT2D eigenvalue weighted by molar-refractivity contribution is 5.97. The van der Waals surface area contributed by atoms with Crippen molar-refractivity contribution in [3.63, 3.8) is 0 Å². The first-order chi connectivity index (χ1) is 13.2. The summed E-state index contributed by atoms with van der Waals surface area (Å²) in [4.78, 5) is 20.7. The summed E-state index contributed by atoms with van der Waals surface area (Å²) in [5.41, 5.74) is 0.858. The van der Waals surface area contributed by atoms with Crippen LogP contribution in [0.1, 0.15) is 19.8 Å². The number of rotatable bonds is 7. The number of benzene rings is 1. The van der Waals surface area contributed by atoms with Crippen molar-refractivity contribution < 1.29 is 14.3 Å². The van der Waals surface area contributed by atoms with Gasteiger partial charge in [0.1, 0.15) is 5.75 Å². The van der Waals surface area contributed by atoms with Gasteiger partial charge in [-0.25, -0.2) is 0 Å². The number of carbonyl (C=O) groups excluding carboxylic acids is 1. The molecule has 0 saturated carbocycles. The fourth-order valence-electron chi connectivity index (χ4n) is 3.61. The molecule has 1 atom stereocenters. The fraction of sp³-hybridized carbons (Fsp3) is 0.600. The summed E-state index contributed by atoms with van der Waals surface area (Å²) >= 11 is 0. The molecule has 0 aliphatic carbocycles. The molecule has 7 nitrogen and oxygen atoms in total. The van der Waals surface area contributed by atoms with Crippen LogP contribution in [0, 0.1) is 5.92 Å². The van der Waals surface area contributed by atoms with Gasteiger partial charge in [-0.05, 0) is 31.9 Å². The van der Waals surface area contributed by atoms with E-state index in [1.807, 2.05) is 43.1 Å². The van der Waals surface area contributed by atoms with Gasteiger partial charge in [-0.2, -0.15) is 0 Å². The summed E-state index contributed by atoms with van der Waals surface area (Å²) in [6.07, 6.45) is 1.98. The molecule has 7 heteroatoms. The van der Waals surface area contributed by atoms with E-state index in [4.69, 9.17) is 9.47 Å². The van der Waals surface area contributed by atoms with Crippen molar-refractivity contribution in [3.8, 4) is 5.75 Å². The largest absolute Gasteiger partial charge is 0.482 e. The molecule has 1 amide bonds. The molecular weight excluding hydrogens is 344 g/mol. The maximum atomic E-state index is 12.2. The van der Waals surface area contributed by atoms with Crippen LogP contribution >= 0.6 is 0 Å². The molecule has 1 fully saturated rings. The SMILES string of the molecule is CCOCC1CCN(C(=NC)NCCCN2C(=O)COc3ccccc32)C1. The molecule has 1 saturated heterocycles. The number of hydrogen-bond acceptors (Lipinski definition) is 4. The van der Waals surface area contributed by atoms with Gasteiger partial charge in [0.2, 0.25) is 0 Å². The highest BCUT2D eigenvalue weighted by Gasteiger charge is 2.26. The van der Waals surface area contributed by atoms with E-state index in [1.165, 1.54) is 0 Å². The Balaban J connectivity index is 1.45. The number of hydrogen-bond donors (Lipinski definition) is 1. The number of likely N-dealkylation sites (tertiary alicyclic amines) is 1. The zero-order valence-corrected chi connectivity index (χ0v) is 16.3. The van der Waals surface area contributed by atoms with Crippen LogP contribution in [0.25, 0.3) is 0 Å². The van der Waals surface area contributed by atoms with E-state index in [0.29, 0.717) is 12.5 Å². The van der Waals surface area contributed by atoms with Crippen molar-refractivity contribution in [1.29, 1.82) is 0 Å². The molecule has 2 aliphatic heterocycles. The Bertz CT molecular complexity index is 664. The Morgan fingerprint density at radius 1 is 1.41 bits per heavy atom. The van der Waals surface area contributed by atoms with Crippen LogP contribution in [0.5, 0.6) is 5.75 Å². The first-order valence-corrected chi connectivity index (χ1v) is 9.78. The van der Waals surface area contributed by atoms with Gasteiger partial charge in [-0.3, -0.25) is 9.79 Å². The van der Waals surface area contributed by atoms with Crippen molar-refractivity contribution in [2.45, 2.75) is 19.8 Å². The Morgan fingerprint density at radius 3 is 3.07 bits per heavy atom. The summed E-state index contributed by atoms with van der Waals surface area (Å²) in [6.45, 7) is 7.16. The second kappa shape index (κ2) is 9.60. The van der Waals surface area contributed by atoms with Gasteiger partial charge in [0.05, 0.1) is 12.3 Å². The summed E-state index contributed by atoms with van der Waals surface area (Å²) in [7, 11) is 1.82. The number of anilines is 1. The first kappa shape index (κ1) is 19.5. The van der Waals surface area contributed by atoms with Gasteiger partial charge in [-0.15, -0.1) is 0 Å². The first-order valence-electron chi connectivity index (χ1n) is 9.78. The standard InChI is InChI=1S/C20H30N4O3/c1-3-26-14-16-9-12-23(13-16)20(21-2)22-10-6-11-24-17-7-4-5-8-18(17)27-15-19(24)25/h4-5,7-8,16H,3,6,9-15H2,1-2H3,(H,21,22). The minimum atomic E-state index is 0.0105. The molecule has 1 unspecified atom stereocenters. The zero-order valence-electron chi connectivity index (χ0n) is 16.3. The normalized spacial score (nSPS) is 19.9. The lowest BCUT2D eigenvalue weighted by Gasteiger charge is -2.29. The zero-order chi connectivity index (χ0) is 19.1. The molecule has 0 aromatic heterocycles. The van der Waals surface area contributed by atoms with Crippen LogP contribution in [-0.4, -0.2) is 69.8 Å². The lowest BCUT2D eigenvalue weighted by atomic mass is 10.1. The molecule has 1 N–H and O–H groups in total. The molecule has 0 radical (unpaired) electrons. The van der Waals surface area contributed by atoms with Crippen LogP contribution in [0.4, 0.5) is 5.69 Å².